The van der Waals surface area contributed by atoms with Crippen molar-refractivity contribution in [2.24, 2.45) is 0 Å². The quantitative estimate of drug-likeness (QED) is 0.646. The average molecular weight is 315 g/mol. The lowest BCUT2D eigenvalue weighted by atomic mass is 10.1. The Morgan fingerprint density at radius 1 is 1.09 bits per heavy atom. The summed E-state index contributed by atoms with van der Waals surface area (Å²) in [6.07, 6.45) is 4.40. The molecule has 2 rings (SSSR count). The summed E-state index contributed by atoms with van der Waals surface area (Å²) in [5.74, 6) is -0.165. The fourth-order valence-electron chi connectivity index (χ4n) is 1.93. The molecule has 0 aromatic heterocycles. The summed E-state index contributed by atoms with van der Waals surface area (Å²) < 4.78 is 0. The SMILES string of the molecule is CC(=O)Nc1ccc(C=Cc2ccc(Cl)cc2)c(NC=O)c1. The van der Waals surface area contributed by atoms with Crippen LogP contribution in [0.15, 0.2) is 42.5 Å². The van der Waals surface area contributed by atoms with Gasteiger partial charge in [-0.2, -0.15) is 0 Å². The zero-order valence-corrected chi connectivity index (χ0v) is 12.7. The maximum absolute atomic E-state index is 11.1. The Morgan fingerprint density at radius 2 is 1.82 bits per heavy atom. The molecule has 0 aliphatic carbocycles. The van der Waals surface area contributed by atoms with Crippen LogP contribution in [0.3, 0.4) is 0 Å². The fourth-order valence-corrected chi connectivity index (χ4v) is 2.06. The number of hydrogen-bond acceptors (Lipinski definition) is 2. The van der Waals surface area contributed by atoms with Gasteiger partial charge in [0.25, 0.3) is 0 Å². The Balaban J connectivity index is 2.26. The third kappa shape index (κ3) is 4.46. The lowest BCUT2D eigenvalue weighted by Crippen LogP contribution is -2.06. The van der Waals surface area contributed by atoms with Gasteiger partial charge in [-0.1, -0.05) is 42.0 Å². The Kier molecular flexibility index (Phi) is 5.33. The molecular weight excluding hydrogens is 300 g/mol. The van der Waals surface area contributed by atoms with Crippen molar-refractivity contribution in [2.45, 2.75) is 6.92 Å². The van der Waals surface area contributed by atoms with E-state index in [1.165, 1.54) is 6.92 Å². The predicted molar refractivity (Wildman–Crippen MR) is 90.8 cm³/mol. The van der Waals surface area contributed by atoms with Gasteiger partial charge in [-0.15, -0.1) is 0 Å². The number of rotatable bonds is 5. The van der Waals surface area contributed by atoms with E-state index in [2.05, 4.69) is 10.6 Å². The number of hydrogen-bond donors (Lipinski definition) is 2. The van der Waals surface area contributed by atoms with Crippen LogP contribution >= 0.6 is 11.6 Å². The van der Waals surface area contributed by atoms with Crippen LogP contribution in [0.2, 0.25) is 5.02 Å². The fraction of sp³-hybridized carbons (Fsp3) is 0.0588. The third-order valence-electron chi connectivity index (χ3n) is 2.91. The molecule has 0 unspecified atom stereocenters. The summed E-state index contributed by atoms with van der Waals surface area (Å²) in [6, 6.07) is 12.7. The molecule has 0 radical (unpaired) electrons. The van der Waals surface area contributed by atoms with Gasteiger partial charge in [0.1, 0.15) is 0 Å². The predicted octanol–water partition coefficient (Wildman–Crippen LogP) is 4.04. The van der Waals surface area contributed by atoms with Crippen molar-refractivity contribution in [2.75, 3.05) is 10.6 Å². The molecule has 2 amide bonds. The van der Waals surface area contributed by atoms with Crippen LogP contribution in [0.1, 0.15) is 18.1 Å². The van der Waals surface area contributed by atoms with Crippen molar-refractivity contribution in [3.8, 4) is 0 Å². The molecule has 0 atom stereocenters. The van der Waals surface area contributed by atoms with E-state index < -0.39 is 0 Å². The number of carbonyl (C=O) groups is 2. The van der Waals surface area contributed by atoms with Crippen molar-refractivity contribution in [1.82, 2.24) is 0 Å². The Labute approximate surface area is 133 Å². The average Bonchev–Trinajstić information content (AvgIpc) is 2.48. The summed E-state index contributed by atoms with van der Waals surface area (Å²) >= 11 is 5.85. The maximum atomic E-state index is 11.1. The van der Waals surface area contributed by atoms with Crippen molar-refractivity contribution in [3.63, 3.8) is 0 Å². The first-order chi connectivity index (χ1) is 10.6. The van der Waals surface area contributed by atoms with Gasteiger partial charge in [0.2, 0.25) is 12.3 Å². The third-order valence-corrected chi connectivity index (χ3v) is 3.17. The van der Waals surface area contributed by atoms with Crippen molar-refractivity contribution in [3.05, 3.63) is 58.6 Å². The molecule has 22 heavy (non-hydrogen) atoms. The highest BCUT2D eigenvalue weighted by Gasteiger charge is 2.02. The molecule has 112 valence electrons. The maximum Gasteiger partial charge on any atom is 0.221 e. The molecule has 5 heteroatoms. The van der Waals surface area contributed by atoms with Crippen LogP contribution in [-0.2, 0) is 9.59 Å². The molecule has 0 saturated carbocycles. The Bertz CT molecular complexity index is 709. The molecular formula is C17H15ClN2O2. The molecule has 2 aromatic rings. The molecule has 4 nitrogen and oxygen atoms in total. The van der Waals surface area contributed by atoms with E-state index >= 15 is 0 Å². The van der Waals surface area contributed by atoms with Crippen molar-refractivity contribution >= 4 is 47.4 Å². The summed E-state index contributed by atoms with van der Waals surface area (Å²) in [4.78, 5) is 21.8. The molecule has 0 heterocycles. The summed E-state index contributed by atoms with van der Waals surface area (Å²) in [6.45, 7) is 1.43. The smallest absolute Gasteiger partial charge is 0.221 e. The molecule has 0 bridgehead atoms. The van der Waals surface area contributed by atoms with Crippen LogP contribution in [-0.4, -0.2) is 12.3 Å². The standard InChI is InChI=1S/C17H15ClN2O2/c1-12(22)20-16-9-6-14(17(10-16)19-11-21)5-2-13-3-7-15(18)8-4-13/h2-11H,1H3,(H,19,21)(H,20,22). The summed E-state index contributed by atoms with van der Waals surface area (Å²) in [5, 5.41) is 5.99. The summed E-state index contributed by atoms with van der Waals surface area (Å²) in [5.41, 5.74) is 3.07. The van der Waals surface area contributed by atoms with Crippen LogP contribution in [0.25, 0.3) is 12.2 Å². The second-order valence-electron chi connectivity index (χ2n) is 4.63. The molecule has 2 N–H and O–H groups in total. The topological polar surface area (TPSA) is 58.2 Å². The minimum atomic E-state index is -0.165. The minimum Gasteiger partial charge on any atom is -0.328 e. The number of halogens is 1. The number of anilines is 2. The zero-order valence-electron chi connectivity index (χ0n) is 12.0. The zero-order chi connectivity index (χ0) is 15.9. The highest BCUT2D eigenvalue weighted by atomic mass is 35.5. The second kappa shape index (κ2) is 7.43. The lowest BCUT2D eigenvalue weighted by Gasteiger charge is -2.08. The van der Waals surface area contributed by atoms with E-state index in [-0.39, 0.29) is 5.91 Å². The minimum absolute atomic E-state index is 0.165. The normalized spacial score (nSPS) is 10.5. The van der Waals surface area contributed by atoms with Crippen LogP contribution < -0.4 is 10.6 Å². The lowest BCUT2D eigenvalue weighted by molar-refractivity contribution is -0.114. The Hall–Kier alpha value is -2.59. The van der Waals surface area contributed by atoms with E-state index in [1.54, 1.807) is 12.1 Å². The van der Waals surface area contributed by atoms with Gasteiger partial charge >= 0.3 is 0 Å². The van der Waals surface area contributed by atoms with E-state index in [1.807, 2.05) is 42.5 Å². The first kappa shape index (κ1) is 15.8. The molecule has 0 aliphatic rings. The Morgan fingerprint density at radius 3 is 2.45 bits per heavy atom. The second-order valence-corrected chi connectivity index (χ2v) is 5.07. The van der Waals surface area contributed by atoms with E-state index in [0.717, 1.165) is 11.1 Å². The van der Waals surface area contributed by atoms with Crippen molar-refractivity contribution in [1.29, 1.82) is 0 Å². The van der Waals surface area contributed by atoms with E-state index in [0.29, 0.717) is 22.8 Å². The highest BCUT2D eigenvalue weighted by Crippen LogP contribution is 2.23. The molecule has 2 aromatic carbocycles. The first-order valence-corrected chi connectivity index (χ1v) is 7.02. The first-order valence-electron chi connectivity index (χ1n) is 6.64. The van der Waals surface area contributed by atoms with Crippen LogP contribution in [0, 0.1) is 0 Å². The molecule has 0 saturated heterocycles. The van der Waals surface area contributed by atoms with Gasteiger partial charge in [0.05, 0.1) is 0 Å². The van der Waals surface area contributed by atoms with E-state index in [9.17, 15) is 9.59 Å². The number of nitrogens with one attached hydrogen (secondary N) is 2. The van der Waals surface area contributed by atoms with Gasteiger partial charge < -0.3 is 10.6 Å². The van der Waals surface area contributed by atoms with Crippen molar-refractivity contribution < 1.29 is 9.59 Å². The van der Waals surface area contributed by atoms with Crippen LogP contribution in [0.4, 0.5) is 11.4 Å². The number of amides is 2. The number of benzene rings is 2. The molecule has 0 spiro atoms. The molecule has 0 aliphatic heterocycles. The van der Waals surface area contributed by atoms with Gasteiger partial charge in [0, 0.05) is 23.3 Å². The highest BCUT2D eigenvalue weighted by molar-refractivity contribution is 6.30. The van der Waals surface area contributed by atoms with E-state index in [4.69, 9.17) is 11.6 Å². The van der Waals surface area contributed by atoms with Gasteiger partial charge in [-0.05, 0) is 35.4 Å². The van der Waals surface area contributed by atoms with Gasteiger partial charge in [-0.25, -0.2) is 0 Å². The van der Waals surface area contributed by atoms with Gasteiger partial charge in [0.15, 0.2) is 0 Å². The number of carbonyl (C=O) groups excluding carboxylic acids is 2. The van der Waals surface area contributed by atoms with Crippen LogP contribution in [0.5, 0.6) is 0 Å². The molecule has 0 fully saturated rings. The largest absolute Gasteiger partial charge is 0.328 e. The van der Waals surface area contributed by atoms with Gasteiger partial charge in [-0.3, -0.25) is 9.59 Å². The monoisotopic (exact) mass is 314 g/mol. The summed E-state index contributed by atoms with van der Waals surface area (Å²) in [7, 11) is 0.